The minimum Gasteiger partial charge on any atom is -0.497 e. The van der Waals surface area contributed by atoms with E-state index in [0.29, 0.717) is 5.56 Å². The Morgan fingerprint density at radius 1 is 1.14 bits per heavy atom. The van der Waals surface area contributed by atoms with Crippen molar-refractivity contribution in [3.05, 3.63) is 89.5 Å². The van der Waals surface area contributed by atoms with Crippen molar-refractivity contribution in [3.63, 3.8) is 0 Å². The monoisotopic (exact) mass is 373 g/mol. The maximum Gasteiger partial charge on any atom is 0.254 e. The molecule has 1 atom stereocenters. The fourth-order valence-corrected chi connectivity index (χ4v) is 3.75. The average Bonchev–Trinajstić information content (AvgIpc) is 3.24. The van der Waals surface area contributed by atoms with Crippen molar-refractivity contribution in [1.82, 2.24) is 14.9 Å². The molecule has 0 saturated carbocycles. The number of nitrogens with zero attached hydrogens (tertiary/aromatic N) is 3. The third-order valence-electron chi connectivity index (χ3n) is 5.13. The second-order valence-corrected chi connectivity index (χ2v) is 6.97. The number of pyridine rings is 2. The van der Waals surface area contributed by atoms with Crippen LogP contribution in [-0.2, 0) is 6.42 Å². The molecule has 1 fully saturated rings. The number of ether oxygens (including phenoxy) is 1. The van der Waals surface area contributed by atoms with Crippen LogP contribution in [0.2, 0.25) is 0 Å². The SMILES string of the molecule is COc1cccc(Cc2cccc([C@H]3CCCN3C(=O)c3ccncc3)n2)c1. The van der Waals surface area contributed by atoms with Gasteiger partial charge in [0, 0.05) is 36.6 Å². The Morgan fingerprint density at radius 3 is 2.79 bits per heavy atom. The number of hydrogen-bond acceptors (Lipinski definition) is 4. The van der Waals surface area contributed by atoms with E-state index in [4.69, 9.17) is 9.72 Å². The first-order chi connectivity index (χ1) is 13.7. The quantitative estimate of drug-likeness (QED) is 0.677. The van der Waals surface area contributed by atoms with Crippen LogP contribution < -0.4 is 4.74 Å². The largest absolute Gasteiger partial charge is 0.497 e. The van der Waals surface area contributed by atoms with Gasteiger partial charge in [-0.25, -0.2) is 0 Å². The summed E-state index contributed by atoms with van der Waals surface area (Å²) < 4.78 is 5.31. The molecule has 0 aliphatic carbocycles. The van der Waals surface area contributed by atoms with Crippen molar-refractivity contribution >= 4 is 5.91 Å². The van der Waals surface area contributed by atoms with Gasteiger partial charge in [-0.2, -0.15) is 0 Å². The van der Waals surface area contributed by atoms with E-state index in [2.05, 4.69) is 11.1 Å². The van der Waals surface area contributed by atoms with Crippen molar-refractivity contribution in [2.45, 2.75) is 25.3 Å². The predicted molar refractivity (Wildman–Crippen MR) is 107 cm³/mol. The maximum absolute atomic E-state index is 12.9. The number of carbonyl (C=O) groups is 1. The van der Waals surface area contributed by atoms with Gasteiger partial charge in [-0.3, -0.25) is 14.8 Å². The van der Waals surface area contributed by atoms with Crippen molar-refractivity contribution in [3.8, 4) is 5.75 Å². The van der Waals surface area contributed by atoms with E-state index in [1.165, 1.54) is 0 Å². The lowest BCUT2D eigenvalue weighted by Gasteiger charge is -2.24. The van der Waals surface area contributed by atoms with Crippen LogP contribution in [0.5, 0.6) is 5.75 Å². The zero-order chi connectivity index (χ0) is 19.3. The molecule has 3 heterocycles. The molecule has 2 aromatic heterocycles. The molecule has 0 unspecified atom stereocenters. The molecule has 1 aromatic carbocycles. The summed E-state index contributed by atoms with van der Waals surface area (Å²) in [6.07, 6.45) is 5.97. The van der Waals surface area contributed by atoms with E-state index in [1.54, 1.807) is 31.6 Å². The summed E-state index contributed by atoms with van der Waals surface area (Å²) >= 11 is 0. The molecular weight excluding hydrogens is 350 g/mol. The minimum absolute atomic E-state index is 0.0194. The van der Waals surface area contributed by atoms with E-state index in [9.17, 15) is 4.79 Å². The highest BCUT2D eigenvalue weighted by atomic mass is 16.5. The van der Waals surface area contributed by atoms with Crippen molar-refractivity contribution in [2.75, 3.05) is 13.7 Å². The van der Waals surface area contributed by atoms with Crippen LogP contribution in [0.1, 0.15) is 46.2 Å². The molecule has 28 heavy (non-hydrogen) atoms. The minimum atomic E-state index is 0.0194. The highest BCUT2D eigenvalue weighted by Crippen LogP contribution is 2.32. The van der Waals surface area contributed by atoms with Gasteiger partial charge in [0.25, 0.3) is 5.91 Å². The summed E-state index contributed by atoms with van der Waals surface area (Å²) in [6.45, 7) is 0.758. The summed E-state index contributed by atoms with van der Waals surface area (Å²) in [5.74, 6) is 0.892. The zero-order valence-electron chi connectivity index (χ0n) is 15.9. The van der Waals surface area contributed by atoms with Gasteiger partial charge in [-0.05, 0) is 54.8 Å². The van der Waals surface area contributed by atoms with Gasteiger partial charge in [0.05, 0.1) is 18.8 Å². The summed E-state index contributed by atoms with van der Waals surface area (Å²) in [4.78, 5) is 23.8. The van der Waals surface area contributed by atoms with Crippen molar-refractivity contribution in [1.29, 1.82) is 0 Å². The zero-order valence-corrected chi connectivity index (χ0v) is 15.9. The van der Waals surface area contributed by atoms with Crippen LogP contribution in [0.3, 0.4) is 0 Å². The Labute approximate surface area is 165 Å². The lowest BCUT2D eigenvalue weighted by molar-refractivity contribution is 0.0732. The van der Waals surface area contributed by atoms with Gasteiger partial charge >= 0.3 is 0 Å². The Bertz CT molecular complexity index is 959. The highest BCUT2D eigenvalue weighted by molar-refractivity contribution is 5.94. The molecule has 1 aliphatic heterocycles. The van der Waals surface area contributed by atoms with Gasteiger partial charge in [0.15, 0.2) is 0 Å². The molecule has 0 radical (unpaired) electrons. The van der Waals surface area contributed by atoms with E-state index in [1.807, 2.05) is 41.3 Å². The number of likely N-dealkylation sites (tertiary alicyclic amines) is 1. The molecule has 1 saturated heterocycles. The fourth-order valence-electron chi connectivity index (χ4n) is 3.75. The van der Waals surface area contributed by atoms with Crippen LogP contribution in [0.15, 0.2) is 67.0 Å². The summed E-state index contributed by atoms with van der Waals surface area (Å²) in [5.41, 5.74) is 3.78. The van der Waals surface area contributed by atoms with Crippen LogP contribution in [0, 0.1) is 0 Å². The number of amides is 1. The molecule has 1 amide bonds. The third-order valence-corrected chi connectivity index (χ3v) is 5.13. The van der Waals surface area contributed by atoms with E-state index < -0.39 is 0 Å². The second-order valence-electron chi connectivity index (χ2n) is 6.97. The number of rotatable bonds is 5. The number of benzene rings is 1. The Kier molecular flexibility index (Phi) is 5.33. The highest BCUT2D eigenvalue weighted by Gasteiger charge is 2.31. The summed E-state index contributed by atoms with van der Waals surface area (Å²) in [6, 6.07) is 17.7. The molecule has 0 bridgehead atoms. The molecule has 1 aliphatic rings. The lowest BCUT2D eigenvalue weighted by atomic mass is 10.1. The first kappa shape index (κ1) is 18.2. The average molecular weight is 373 g/mol. The number of hydrogen-bond donors (Lipinski definition) is 0. The van der Waals surface area contributed by atoms with Crippen LogP contribution in [0.4, 0.5) is 0 Å². The number of methoxy groups -OCH3 is 1. The van der Waals surface area contributed by atoms with Crippen molar-refractivity contribution < 1.29 is 9.53 Å². The van der Waals surface area contributed by atoms with Crippen LogP contribution in [-0.4, -0.2) is 34.4 Å². The van der Waals surface area contributed by atoms with E-state index in [-0.39, 0.29) is 11.9 Å². The molecule has 4 rings (SSSR count). The number of carbonyl (C=O) groups excluding carboxylic acids is 1. The smallest absolute Gasteiger partial charge is 0.254 e. The van der Waals surface area contributed by atoms with Gasteiger partial charge in [0.2, 0.25) is 0 Å². The lowest BCUT2D eigenvalue weighted by Crippen LogP contribution is -2.31. The van der Waals surface area contributed by atoms with Gasteiger partial charge in [0.1, 0.15) is 5.75 Å². The molecule has 5 heteroatoms. The summed E-state index contributed by atoms with van der Waals surface area (Å²) in [5, 5.41) is 0. The Morgan fingerprint density at radius 2 is 1.96 bits per heavy atom. The molecule has 0 spiro atoms. The third kappa shape index (κ3) is 3.88. The first-order valence-electron chi connectivity index (χ1n) is 9.54. The maximum atomic E-state index is 12.9. The Balaban J connectivity index is 1.55. The normalized spacial score (nSPS) is 16.2. The summed E-state index contributed by atoms with van der Waals surface area (Å²) in [7, 11) is 1.67. The molecule has 142 valence electrons. The molecular formula is C23H23N3O2. The molecule has 0 N–H and O–H groups in total. The van der Waals surface area contributed by atoms with Gasteiger partial charge < -0.3 is 9.64 Å². The first-order valence-corrected chi connectivity index (χ1v) is 9.54. The molecule has 3 aromatic rings. The Hall–Kier alpha value is -3.21. The standard InChI is InChI=1S/C23H23N3O2/c1-28-20-7-2-5-17(16-20)15-19-6-3-8-21(25-19)22-9-4-14-26(22)23(27)18-10-12-24-13-11-18/h2-3,5-8,10-13,16,22H,4,9,14-15H2,1H3/t22-/m1/s1. The predicted octanol–water partition coefficient (Wildman–Crippen LogP) is 4.05. The fraction of sp³-hybridized carbons (Fsp3) is 0.261. The van der Waals surface area contributed by atoms with Crippen LogP contribution >= 0.6 is 0 Å². The van der Waals surface area contributed by atoms with Gasteiger partial charge in [-0.1, -0.05) is 18.2 Å². The topological polar surface area (TPSA) is 55.3 Å². The van der Waals surface area contributed by atoms with E-state index >= 15 is 0 Å². The van der Waals surface area contributed by atoms with E-state index in [0.717, 1.165) is 48.5 Å². The van der Waals surface area contributed by atoms with Crippen molar-refractivity contribution in [2.24, 2.45) is 0 Å². The second kappa shape index (κ2) is 8.21. The van der Waals surface area contributed by atoms with Gasteiger partial charge in [-0.15, -0.1) is 0 Å². The van der Waals surface area contributed by atoms with Crippen LogP contribution in [0.25, 0.3) is 0 Å². The number of aromatic nitrogens is 2. The molecule has 5 nitrogen and oxygen atoms in total.